The van der Waals surface area contributed by atoms with Crippen molar-refractivity contribution in [3.8, 4) is 22.7 Å². The molecule has 0 spiro atoms. The highest BCUT2D eigenvalue weighted by Crippen LogP contribution is 2.31. The molecule has 0 aliphatic heterocycles. The number of nitrogens with one attached hydrogen (secondary N) is 1. The second kappa shape index (κ2) is 9.25. The van der Waals surface area contributed by atoms with E-state index >= 15 is 0 Å². The van der Waals surface area contributed by atoms with Crippen molar-refractivity contribution in [2.45, 2.75) is 31.4 Å². The molecule has 30 heavy (non-hydrogen) atoms. The van der Waals surface area contributed by atoms with Crippen molar-refractivity contribution in [2.75, 3.05) is 5.75 Å². The normalized spacial score (nSPS) is 11.5. The van der Waals surface area contributed by atoms with Crippen molar-refractivity contribution in [1.29, 1.82) is 0 Å². The minimum Gasteiger partial charge on any atom is -0.406 e. The van der Waals surface area contributed by atoms with Gasteiger partial charge in [0.2, 0.25) is 5.91 Å². The fourth-order valence-corrected chi connectivity index (χ4v) is 3.59. The highest BCUT2D eigenvalue weighted by atomic mass is 32.2. The van der Waals surface area contributed by atoms with Gasteiger partial charge in [0.25, 0.3) is 0 Å². The van der Waals surface area contributed by atoms with E-state index in [1.165, 1.54) is 36.0 Å². The third-order valence-corrected chi connectivity index (χ3v) is 4.86. The topological polar surface area (TPSA) is 56.2 Å². The van der Waals surface area contributed by atoms with Gasteiger partial charge in [-0.15, -0.1) is 13.2 Å². The number of hydrogen-bond donors (Lipinski definition) is 1. The van der Waals surface area contributed by atoms with Gasteiger partial charge in [-0.05, 0) is 38.1 Å². The van der Waals surface area contributed by atoms with Crippen LogP contribution in [0.25, 0.3) is 16.9 Å². The summed E-state index contributed by atoms with van der Waals surface area (Å²) in [5.74, 6) is -0.267. The molecule has 0 aliphatic rings. The third-order valence-electron chi connectivity index (χ3n) is 3.91. The van der Waals surface area contributed by atoms with E-state index in [1.807, 2.05) is 44.2 Å². The lowest BCUT2D eigenvalue weighted by Gasteiger charge is -2.14. The van der Waals surface area contributed by atoms with E-state index in [1.54, 1.807) is 10.8 Å². The number of benzene rings is 2. The van der Waals surface area contributed by atoms with Crippen LogP contribution in [0.5, 0.6) is 5.75 Å². The number of carbonyl (C=O) groups excluding carboxylic acids is 1. The molecule has 0 aliphatic carbocycles. The van der Waals surface area contributed by atoms with Crippen molar-refractivity contribution < 1.29 is 22.7 Å². The van der Waals surface area contributed by atoms with Crippen LogP contribution in [-0.4, -0.2) is 33.6 Å². The first kappa shape index (κ1) is 21.8. The van der Waals surface area contributed by atoms with E-state index in [9.17, 15) is 18.0 Å². The zero-order chi connectivity index (χ0) is 21.7. The van der Waals surface area contributed by atoms with Crippen LogP contribution in [-0.2, 0) is 4.79 Å². The highest BCUT2D eigenvalue weighted by molar-refractivity contribution is 7.99. The van der Waals surface area contributed by atoms with Crippen molar-refractivity contribution >= 4 is 17.7 Å². The van der Waals surface area contributed by atoms with E-state index in [-0.39, 0.29) is 23.5 Å². The molecule has 1 N–H and O–H groups in total. The molecule has 0 fully saturated rings. The average molecular weight is 435 g/mol. The van der Waals surface area contributed by atoms with E-state index in [0.717, 1.165) is 11.3 Å². The summed E-state index contributed by atoms with van der Waals surface area (Å²) in [6, 6.07) is 15.0. The first-order valence-electron chi connectivity index (χ1n) is 9.14. The van der Waals surface area contributed by atoms with Gasteiger partial charge in [0.15, 0.2) is 5.16 Å². The molecule has 2 aromatic carbocycles. The Kier molecular flexibility index (Phi) is 6.71. The molecule has 1 aromatic heterocycles. The van der Waals surface area contributed by atoms with Gasteiger partial charge < -0.3 is 10.1 Å². The summed E-state index contributed by atoms with van der Waals surface area (Å²) in [5, 5.41) is 3.37. The van der Waals surface area contributed by atoms with Crippen LogP contribution < -0.4 is 10.1 Å². The summed E-state index contributed by atoms with van der Waals surface area (Å²) in [4.78, 5) is 16.5. The molecule has 0 saturated heterocycles. The van der Waals surface area contributed by atoms with Crippen molar-refractivity contribution in [3.63, 3.8) is 0 Å². The lowest BCUT2D eigenvalue weighted by Crippen LogP contribution is -2.31. The van der Waals surface area contributed by atoms with E-state index in [4.69, 9.17) is 0 Å². The zero-order valence-corrected chi connectivity index (χ0v) is 17.1. The van der Waals surface area contributed by atoms with E-state index < -0.39 is 6.36 Å². The minimum absolute atomic E-state index is 0.0268. The number of imidazole rings is 1. The summed E-state index contributed by atoms with van der Waals surface area (Å²) >= 11 is 1.25. The predicted octanol–water partition coefficient (Wildman–Crippen LogP) is 5.05. The van der Waals surface area contributed by atoms with Crippen molar-refractivity contribution in [3.05, 3.63) is 60.8 Å². The Bertz CT molecular complexity index is 987. The molecule has 0 atom stereocenters. The number of halogens is 3. The minimum atomic E-state index is -4.75. The van der Waals surface area contributed by atoms with Crippen LogP contribution in [0.2, 0.25) is 0 Å². The number of nitrogens with zero attached hydrogens (tertiary/aromatic N) is 2. The standard InChI is InChI=1S/C21H20F3N3O2S/c1-14(2)26-19(28)13-30-20-25-12-18(15-6-4-3-5-7-15)27(20)16-8-10-17(11-9-16)29-21(22,23)24/h3-12,14H,13H2,1-2H3,(H,26,28). The molecule has 3 rings (SSSR count). The molecule has 1 heterocycles. The summed E-state index contributed by atoms with van der Waals surface area (Å²) in [7, 11) is 0. The lowest BCUT2D eigenvalue weighted by molar-refractivity contribution is -0.274. The van der Waals surface area contributed by atoms with Gasteiger partial charge in [0.05, 0.1) is 17.6 Å². The number of rotatable bonds is 7. The number of amides is 1. The summed E-state index contributed by atoms with van der Waals surface area (Å²) < 4.78 is 43.1. The van der Waals surface area contributed by atoms with Gasteiger partial charge in [0, 0.05) is 17.3 Å². The number of ether oxygens (including phenoxy) is 1. The SMILES string of the molecule is CC(C)NC(=O)CSc1ncc(-c2ccccc2)n1-c1ccc(OC(F)(F)F)cc1. The first-order valence-corrected chi connectivity index (χ1v) is 10.1. The quantitative estimate of drug-likeness (QED) is 0.528. The first-order chi connectivity index (χ1) is 14.2. The second-order valence-electron chi connectivity index (χ2n) is 6.68. The Morgan fingerprint density at radius 3 is 2.40 bits per heavy atom. The maximum absolute atomic E-state index is 12.5. The molecular weight excluding hydrogens is 415 g/mol. The molecule has 1 amide bonds. The van der Waals surface area contributed by atoms with Crippen LogP contribution in [0.1, 0.15) is 13.8 Å². The Balaban J connectivity index is 1.93. The number of aromatic nitrogens is 2. The van der Waals surface area contributed by atoms with Crippen molar-refractivity contribution in [2.24, 2.45) is 0 Å². The largest absolute Gasteiger partial charge is 0.573 e. The smallest absolute Gasteiger partial charge is 0.406 e. The maximum atomic E-state index is 12.5. The monoisotopic (exact) mass is 435 g/mol. The molecule has 0 bridgehead atoms. The van der Waals surface area contributed by atoms with Crippen LogP contribution in [0, 0.1) is 0 Å². The lowest BCUT2D eigenvalue weighted by atomic mass is 10.1. The maximum Gasteiger partial charge on any atom is 0.573 e. The molecule has 0 radical (unpaired) electrons. The summed E-state index contributed by atoms with van der Waals surface area (Å²) in [6.45, 7) is 3.75. The Labute approximate surface area is 176 Å². The number of alkyl halides is 3. The van der Waals surface area contributed by atoms with Crippen LogP contribution in [0.3, 0.4) is 0 Å². The number of hydrogen-bond acceptors (Lipinski definition) is 4. The molecule has 0 unspecified atom stereocenters. The van der Waals surface area contributed by atoms with Gasteiger partial charge in [-0.1, -0.05) is 42.1 Å². The fraction of sp³-hybridized carbons (Fsp3) is 0.238. The molecule has 158 valence electrons. The Morgan fingerprint density at radius 2 is 1.80 bits per heavy atom. The molecule has 3 aromatic rings. The van der Waals surface area contributed by atoms with Gasteiger partial charge in [0.1, 0.15) is 5.75 Å². The third kappa shape index (κ3) is 5.79. The van der Waals surface area contributed by atoms with Crippen LogP contribution in [0.4, 0.5) is 13.2 Å². The van der Waals surface area contributed by atoms with Gasteiger partial charge >= 0.3 is 6.36 Å². The second-order valence-corrected chi connectivity index (χ2v) is 7.62. The van der Waals surface area contributed by atoms with Gasteiger partial charge in [-0.3, -0.25) is 9.36 Å². The van der Waals surface area contributed by atoms with Gasteiger partial charge in [-0.2, -0.15) is 0 Å². The number of carbonyl (C=O) groups is 1. The fourth-order valence-electron chi connectivity index (χ4n) is 2.79. The predicted molar refractivity (Wildman–Crippen MR) is 110 cm³/mol. The molecule has 5 nitrogen and oxygen atoms in total. The summed E-state index contributed by atoms with van der Waals surface area (Å²) in [5.41, 5.74) is 2.25. The van der Waals surface area contributed by atoms with Crippen molar-refractivity contribution in [1.82, 2.24) is 14.9 Å². The van der Waals surface area contributed by atoms with E-state index in [2.05, 4.69) is 15.0 Å². The zero-order valence-electron chi connectivity index (χ0n) is 16.3. The Morgan fingerprint density at radius 1 is 1.13 bits per heavy atom. The summed E-state index contributed by atoms with van der Waals surface area (Å²) in [6.07, 6.45) is -3.07. The molecule has 9 heteroatoms. The molecule has 0 saturated carbocycles. The number of thioether (sulfide) groups is 1. The highest BCUT2D eigenvalue weighted by Gasteiger charge is 2.31. The van der Waals surface area contributed by atoms with Crippen LogP contribution in [0.15, 0.2) is 66.0 Å². The average Bonchev–Trinajstić information content (AvgIpc) is 3.10. The molecular formula is C21H20F3N3O2S. The van der Waals surface area contributed by atoms with Gasteiger partial charge in [-0.25, -0.2) is 4.98 Å². The van der Waals surface area contributed by atoms with Crippen LogP contribution >= 0.6 is 11.8 Å². The Hall–Kier alpha value is -2.94. The van der Waals surface area contributed by atoms with E-state index in [0.29, 0.717) is 10.8 Å².